The molecule has 2 nitrogen and oxygen atoms in total. The van der Waals surface area contributed by atoms with Crippen LogP contribution in [-0.4, -0.2) is 6.61 Å². The summed E-state index contributed by atoms with van der Waals surface area (Å²) in [5, 5.41) is 0.745. The first-order valence-electron chi connectivity index (χ1n) is 15.4. The van der Waals surface area contributed by atoms with E-state index in [-0.39, 0.29) is 0 Å². The SMILES string of the molecule is CCOc1cc(N(c2ccc3c(c2)CCCC3)c2ccc(CC)cc2Cl)ccc1C=C(c1ccccc1)c1ccccc1. The molecule has 1 aliphatic rings. The molecule has 0 aliphatic heterocycles. The maximum atomic E-state index is 7.00. The lowest BCUT2D eigenvalue weighted by atomic mass is 9.91. The van der Waals surface area contributed by atoms with Crippen LogP contribution in [-0.2, 0) is 19.3 Å². The van der Waals surface area contributed by atoms with Crippen LogP contribution in [0.3, 0.4) is 0 Å². The van der Waals surface area contributed by atoms with E-state index in [4.69, 9.17) is 16.3 Å². The molecule has 5 aromatic rings. The van der Waals surface area contributed by atoms with Crippen molar-refractivity contribution in [2.75, 3.05) is 11.5 Å². The minimum Gasteiger partial charge on any atom is -0.493 e. The molecule has 0 bridgehead atoms. The largest absolute Gasteiger partial charge is 0.493 e. The molecule has 0 heterocycles. The fraction of sp³-hybridized carbons (Fsp3) is 0.200. The van der Waals surface area contributed by atoms with Crippen LogP contribution in [0.4, 0.5) is 17.1 Å². The van der Waals surface area contributed by atoms with E-state index >= 15 is 0 Å². The van der Waals surface area contributed by atoms with Gasteiger partial charge < -0.3 is 9.64 Å². The van der Waals surface area contributed by atoms with E-state index in [1.54, 1.807) is 0 Å². The van der Waals surface area contributed by atoms with E-state index in [1.807, 2.05) is 6.92 Å². The van der Waals surface area contributed by atoms with Gasteiger partial charge in [0.25, 0.3) is 0 Å². The molecule has 0 radical (unpaired) electrons. The van der Waals surface area contributed by atoms with Gasteiger partial charge in [0, 0.05) is 23.0 Å². The van der Waals surface area contributed by atoms with Gasteiger partial charge in [-0.2, -0.15) is 0 Å². The molecule has 1 aliphatic carbocycles. The molecule has 0 spiro atoms. The van der Waals surface area contributed by atoms with Crippen molar-refractivity contribution in [3.05, 3.63) is 154 Å². The Morgan fingerprint density at radius 1 is 0.721 bits per heavy atom. The van der Waals surface area contributed by atoms with Crippen LogP contribution < -0.4 is 9.64 Å². The molecule has 0 fully saturated rings. The van der Waals surface area contributed by atoms with Gasteiger partial charge in [-0.15, -0.1) is 0 Å². The van der Waals surface area contributed by atoms with E-state index in [0.717, 1.165) is 58.2 Å². The summed E-state index contributed by atoms with van der Waals surface area (Å²) in [6.07, 6.45) is 7.97. The molecule has 3 heteroatoms. The minimum atomic E-state index is 0.571. The van der Waals surface area contributed by atoms with Gasteiger partial charge >= 0.3 is 0 Å². The van der Waals surface area contributed by atoms with E-state index in [0.29, 0.717) is 6.61 Å². The summed E-state index contributed by atoms with van der Waals surface area (Å²) in [7, 11) is 0. The summed E-state index contributed by atoms with van der Waals surface area (Å²) in [4.78, 5) is 2.28. The van der Waals surface area contributed by atoms with Crippen LogP contribution in [0.25, 0.3) is 11.6 Å². The first kappa shape index (κ1) is 28.8. The van der Waals surface area contributed by atoms with Crippen molar-refractivity contribution in [3.8, 4) is 5.75 Å². The van der Waals surface area contributed by atoms with Crippen molar-refractivity contribution in [1.82, 2.24) is 0 Å². The predicted octanol–water partition coefficient (Wildman–Crippen LogP) is 11.2. The number of fused-ring (bicyclic) bond motifs is 1. The van der Waals surface area contributed by atoms with Crippen LogP contribution in [0, 0.1) is 0 Å². The Morgan fingerprint density at radius 2 is 1.37 bits per heavy atom. The smallest absolute Gasteiger partial charge is 0.128 e. The van der Waals surface area contributed by atoms with Gasteiger partial charge in [0.1, 0.15) is 5.75 Å². The van der Waals surface area contributed by atoms with Crippen molar-refractivity contribution in [2.24, 2.45) is 0 Å². The lowest BCUT2D eigenvalue weighted by Crippen LogP contribution is -2.13. The maximum absolute atomic E-state index is 7.00. The summed E-state index contributed by atoms with van der Waals surface area (Å²) < 4.78 is 6.33. The topological polar surface area (TPSA) is 12.5 Å². The molecule has 0 saturated heterocycles. The Hall–Kier alpha value is -4.27. The molecule has 216 valence electrons. The number of anilines is 3. The number of halogens is 1. The van der Waals surface area contributed by atoms with Crippen molar-refractivity contribution in [3.63, 3.8) is 0 Å². The molecule has 0 saturated carbocycles. The fourth-order valence-corrected chi connectivity index (χ4v) is 6.31. The molecular weight excluding hydrogens is 546 g/mol. The maximum Gasteiger partial charge on any atom is 0.128 e. The van der Waals surface area contributed by atoms with Gasteiger partial charge in [0.05, 0.1) is 17.3 Å². The molecule has 0 unspecified atom stereocenters. The Balaban J connectivity index is 1.50. The van der Waals surface area contributed by atoms with Crippen molar-refractivity contribution in [1.29, 1.82) is 0 Å². The van der Waals surface area contributed by atoms with Crippen LogP contribution in [0.5, 0.6) is 5.75 Å². The van der Waals surface area contributed by atoms with Gasteiger partial charge in [-0.3, -0.25) is 0 Å². The third-order valence-electron chi connectivity index (χ3n) is 8.28. The van der Waals surface area contributed by atoms with Crippen LogP contribution >= 0.6 is 11.6 Å². The quantitative estimate of drug-likeness (QED) is 0.160. The van der Waals surface area contributed by atoms with Crippen LogP contribution in [0.2, 0.25) is 5.02 Å². The molecule has 0 N–H and O–H groups in total. The number of aryl methyl sites for hydroxylation is 3. The van der Waals surface area contributed by atoms with Gasteiger partial charge in [-0.05, 0) is 115 Å². The lowest BCUT2D eigenvalue weighted by molar-refractivity contribution is 0.339. The summed E-state index contributed by atoms with van der Waals surface area (Å²) in [5.41, 5.74) is 11.7. The van der Waals surface area contributed by atoms with Gasteiger partial charge in [0.15, 0.2) is 0 Å². The third kappa shape index (κ3) is 6.40. The average molecular weight is 584 g/mol. The zero-order valence-corrected chi connectivity index (χ0v) is 25.8. The average Bonchev–Trinajstić information content (AvgIpc) is 3.06. The fourth-order valence-electron chi connectivity index (χ4n) is 6.02. The second kappa shape index (κ2) is 13.4. The van der Waals surface area contributed by atoms with Crippen LogP contribution in [0.15, 0.2) is 115 Å². The zero-order valence-electron chi connectivity index (χ0n) is 25.0. The Morgan fingerprint density at radius 3 is 2.02 bits per heavy atom. The summed E-state index contributed by atoms with van der Waals surface area (Å²) in [6, 6.07) is 40.9. The van der Waals surface area contributed by atoms with Crippen molar-refractivity contribution >= 4 is 40.3 Å². The molecule has 6 rings (SSSR count). The highest BCUT2D eigenvalue weighted by atomic mass is 35.5. The summed E-state index contributed by atoms with van der Waals surface area (Å²) >= 11 is 7.00. The first-order chi connectivity index (χ1) is 21.1. The number of hydrogen-bond donors (Lipinski definition) is 0. The highest BCUT2D eigenvalue weighted by Crippen LogP contribution is 2.43. The predicted molar refractivity (Wildman–Crippen MR) is 183 cm³/mol. The minimum absolute atomic E-state index is 0.571. The molecule has 0 amide bonds. The molecule has 43 heavy (non-hydrogen) atoms. The number of hydrogen-bond acceptors (Lipinski definition) is 2. The third-order valence-corrected chi connectivity index (χ3v) is 8.58. The standard InChI is InChI=1S/C40H38ClNO/c1-3-29-19-24-39(38(41)25-29)42(35-22-20-30-13-11-12-18-33(30)26-35)36-23-21-34(40(28-36)43-4-2)27-37(31-14-7-5-8-15-31)32-16-9-6-10-17-32/h5-10,14-17,19-28H,3-4,11-13,18H2,1-2H3. The van der Waals surface area contributed by atoms with Gasteiger partial charge in [-0.1, -0.05) is 91.3 Å². The normalized spacial score (nSPS) is 12.3. The Labute approximate surface area is 261 Å². The highest BCUT2D eigenvalue weighted by Gasteiger charge is 2.20. The van der Waals surface area contributed by atoms with E-state index < -0.39 is 0 Å². The summed E-state index contributed by atoms with van der Waals surface area (Å²) in [6.45, 7) is 4.77. The van der Waals surface area contributed by atoms with Crippen molar-refractivity contribution < 1.29 is 4.74 Å². The van der Waals surface area contributed by atoms with Crippen molar-refractivity contribution in [2.45, 2.75) is 46.0 Å². The number of nitrogens with zero attached hydrogens (tertiary/aromatic N) is 1. The molecular formula is C40H38ClNO. The monoisotopic (exact) mass is 583 g/mol. The molecule has 0 aromatic heterocycles. The number of rotatable bonds is 9. The van der Waals surface area contributed by atoms with Gasteiger partial charge in [-0.25, -0.2) is 0 Å². The number of ether oxygens (including phenoxy) is 1. The Bertz CT molecular complexity index is 1680. The lowest BCUT2D eigenvalue weighted by Gasteiger charge is -2.29. The van der Waals surface area contributed by atoms with E-state index in [2.05, 4.69) is 133 Å². The van der Waals surface area contributed by atoms with Crippen LogP contribution in [0.1, 0.15) is 60.1 Å². The zero-order chi connectivity index (χ0) is 29.6. The molecule has 0 atom stereocenters. The Kier molecular flexibility index (Phi) is 8.96. The molecule has 5 aromatic carbocycles. The van der Waals surface area contributed by atoms with E-state index in [1.165, 1.54) is 40.7 Å². The summed E-state index contributed by atoms with van der Waals surface area (Å²) in [5.74, 6) is 0.841. The first-order valence-corrected chi connectivity index (χ1v) is 15.8. The second-order valence-electron chi connectivity index (χ2n) is 11.1. The second-order valence-corrected chi connectivity index (χ2v) is 11.5. The number of benzene rings is 5. The van der Waals surface area contributed by atoms with E-state index in [9.17, 15) is 0 Å². The highest BCUT2D eigenvalue weighted by molar-refractivity contribution is 6.33. The van der Waals surface area contributed by atoms with Gasteiger partial charge in [0.2, 0.25) is 0 Å².